The number of carbonyl (C=O) groups is 1. The lowest BCUT2D eigenvalue weighted by molar-refractivity contribution is -0.211. The summed E-state index contributed by atoms with van der Waals surface area (Å²) in [4.78, 5) is 29.5. The van der Waals surface area contributed by atoms with E-state index in [1.807, 2.05) is 0 Å². The Morgan fingerprint density at radius 1 is 1.47 bits per heavy atom. The second kappa shape index (κ2) is 5.82. The third-order valence-corrected chi connectivity index (χ3v) is 2.37. The van der Waals surface area contributed by atoms with Crippen molar-refractivity contribution in [2.24, 2.45) is 0 Å². The summed E-state index contributed by atoms with van der Waals surface area (Å²) in [5, 5.41) is 2.64. The monoisotopic (exact) mass is 258 g/mol. The third kappa shape index (κ3) is 6.06. The van der Waals surface area contributed by atoms with E-state index in [1.165, 1.54) is 19.1 Å². The van der Waals surface area contributed by atoms with Gasteiger partial charge in [-0.25, -0.2) is 0 Å². The normalized spacial score (nSPS) is 13.8. The first kappa shape index (κ1) is 13.7. The van der Waals surface area contributed by atoms with Gasteiger partial charge >= 0.3 is 7.82 Å². The van der Waals surface area contributed by atoms with E-state index in [4.69, 9.17) is 4.89 Å². The van der Waals surface area contributed by atoms with Crippen LogP contribution in [0.15, 0.2) is 24.3 Å². The Morgan fingerprint density at radius 2 is 2.06 bits per heavy atom. The van der Waals surface area contributed by atoms with Crippen LogP contribution in [0.2, 0.25) is 0 Å². The zero-order valence-electron chi connectivity index (χ0n) is 9.25. The lowest BCUT2D eigenvalue weighted by Crippen LogP contribution is -2.22. The number of amides is 1. The van der Waals surface area contributed by atoms with E-state index in [9.17, 15) is 14.3 Å². The molecule has 2 N–H and O–H groups in total. The van der Waals surface area contributed by atoms with Gasteiger partial charge in [-0.05, 0) is 24.1 Å². The Hall–Kier alpha value is -1.36. The van der Waals surface area contributed by atoms with Gasteiger partial charge in [0.15, 0.2) is 0 Å². The van der Waals surface area contributed by atoms with Gasteiger partial charge in [-0.1, -0.05) is 12.1 Å². The molecule has 0 aliphatic rings. The molecule has 0 bridgehead atoms. The van der Waals surface area contributed by atoms with Gasteiger partial charge in [-0.3, -0.25) is 9.36 Å². The summed E-state index contributed by atoms with van der Waals surface area (Å²) in [6.07, 6.45) is 0.633. The van der Waals surface area contributed by atoms with Crippen molar-refractivity contribution in [1.82, 2.24) is 5.32 Å². The van der Waals surface area contributed by atoms with E-state index in [0.29, 0.717) is 13.0 Å². The van der Waals surface area contributed by atoms with Gasteiger partial charge in [0.25, 0.3) is 0 Å². The highest BCUT2D eigenvalue weighted by atomic mass is 31.2. The number of nitrogens with one attached hydrogen (secondary N) is 1. The molecule has 1 aromatic rings. The maximum absolute atomic E-state index is 10.6. The molecule has 0 heterocycles. The van der Waals surface area contributed by atoms with Crippen molar-refractivity contribution < 1.29 is 23.7 Å². The van der Waals surface area contributed by atoms with Gasteiger partial charge in [0.1, 0.15) is 5.75 Å². The third-order valence-electron chi connectivity index (χ3n) is 1.93. The molecule has 0 aliphatic carbocycles. The van der Waals surface area contributed by atoms with Crippen molar-refractivity contribution in [3.8, 4) is 5.75 Å². The summed E-state index contributed by atoms with van der Waals surface area (Å²) in [7, 11) is -4.74. The van der Waals surface area contributed by atoms with Crippen LogP contribution in [0.25, 0.3) is 0 Å². The van der Waals surface area contributed by atoms with Crippen LogP contribution < -0.4 is 14.7 Å². The molecule has 0 radical (unpaired) electrons. The maximum Gasteiger partial charge on any atom is 0.317 e. The minimum absolute atomic E-state index is 0.0501. The van der Waals surface area contributed by atoms with Crippen molar-refractivity contribution in [3.63, 3.8) is 0 Å². The fourth-order valence-electron chi connectivity index (χ4n) is 1.23. The number of carbonyl (C=O) groups excluding carboxylic acids is 1. The SMILES string of the molecule is CC(=O)NCCc1ccc(OP(=O)([O-])O)cc1. The smallest absolute Gasteiger partial charge is 0.317 e. The van der Waals surface area contributed by atoms with Crippen molar-refractivity contribution in [3.05, 3.63) is 29.8 Å². The first-order valence-electron chi connectivity index (χ1n) is 4.93. The predicted octanol–water partition coefficient (Wildman–Crippen LogP) is 0.205. The number of hydrogen-bond donors (Lipinski definition) is 2. The fourth-order valence-corrected chi connectivity index (χ4v) is 1.62. The Balaban J connectivity index is 2.50. The van der Waals surface area contributed by atoms with E-state index in [2.05, 4.69) is 9.84 Å². The molecule has 7 heteroatoms. The highest BCUT2D eigenvalue weighted by Crippen LogP contribution is 2.32. The largest absolute Gasteiger partial charge is 0.746 e. The van der Waals surface area contributed by atoms with Crippen LogP contribution in [0, 0.1) is 0 Å². The fraction of sp³-hybridized carbons (Fsp3) is 0.300. The zero-order valence-corrected chi connectivity index (χ0v) is 10.1. The molecule has 0 aromatic heterocycles. The summed E-state index contributed by atoms with van der Waals surface area (Å²) < 4.78 is 14.7. The molecule has 6 nitrogen and oxygen atoms in total. The van der Waals surface area contributed by atoms with Crippen molar-refractivity contribution >= 4 is 13.7 Å². The molecular weight excluding hydrogens is 245 g/mol. The van der Waals surface area contributed by atoms with Crippen LogP contribution >= 0.6 is 7.82 Å². The first-order valence-corrected chi connectivity index (χ1v) is 6.43. The quantitative estimate of drug-likeness (QED) is 0.735. The minimum Gasteiger partial charge on any atom is -0.746 e. The highest BCUT2D eigenvalue weighted by Gasteiger charge is 2.04. The molecule has 0 aliphatic heterocycles. The predicted molar refractivity (Wildman–Crippen MR) is 59.3 cm³/mol. The number of rotatable bonds is 5. The van der Waals surface area contributed by atoms with Gasteiger partial charge in [0.2, 0.25) is 5.91 Å². The number of phosphoric acid groups is 1. The molecule has 1 unspecified atom stereocenters. The molecule has 1 aromatic carbocycles. The summed E-state index contributed by atoms with van der Waals surface area (Å²) >= 11 is 0. The molecule has 1 atom stereocenters. The molecule has 0 saturated heterocycles. The number of hydrogen-bond acceptors (Lipinski definition) is 4. The van der Waals surface area contributed by atoms with Crippen LogP contribution in [0.4, 0.5) is 0 Å². The van der Waals surface area contributed by atoms with Gasteiger partial charge in [0, 0.05) is 13.5 Å². The van der Waals surface area contributed by atoms with E-state index >= 15 is 0 Å². The average Bonchev–Trinajstić information content (AvgIpc) is 2.18. The van der Waals surface area contributed by atoms with Crippen LogP contribution in [0.1, 0.15) is 12.5 Å². The molecular formula is C10H13NO5P-. The van der Waals surface area contributed by atoms with Crippen LogP contribution in [0.5, 0.6) is 5.75 Å². The van der Waals surface area contributed by atoms with Crippen LogP contribution in [0.3, 0.4) is 0 Å². The molecule has 0 spiro atoms. The van der Waals surface area contributed by atoms with Gasteiger partial charge in [-0.2, -0.15) is 0 Å². The molecule has 1 rings (SSSR count). The van der Waals surface area contributed by atoms with Crippen LogP contribution in [-0.4, -0.2) is 17.3 Å². The Bertz CT molecular complexity index is 425. The van der Waals surface area contributed by atoms with E-state index in [0.717, 1.165) is 5.56 Å². The van der Waals surface area contributed by atoms with Gasteiger partial charge in [-0.15, -0.1) is 0 Å². The first-order chi connectivity index (χ1) is 7.87. The molecule has 0 fully saturated rings. The molecule has 0 saturated carbocycles. The number of benzene rings is 1. The maximum atomic E-state index is 10.6. The lowest BCUT2D eigenvalue weighted by atomic mass is 10.1. The average molecular weight is 258 g/mol. The van der Waals surface area contributed by atoms with Crippen molar-refractivity contribution in [2.45, 2.75) is 13.3 Å². The van der Waals surface area contributed by atoms with Crippen molar-refractivity contribution in [2.75, 3.05) is 6.54 Å². The highest BCUT2D eigenvalue weighted by molar-refractivity contribution is 7.45. The van der Waals surface area contributed by atoms with Gasteiger partial charge < -0.3 is 19.6 Å². The second-order valence-electron chi connectivity index (χ2n) is 3.44. The lowest BCUT2D eigenvalue weighted by Gasteiger charge is -2.16. The standard InChI is InChI=1S/C10H14NO5P/c1-8(12)11-7-6-9-2-4-10(5-3-9)16-17(13,14)15/h2-5H,6-7H2,1H3,(H,11,12)(H2,13,14,15)/p-1. The van der Waals surface area contributed by atoms with Crippen molar-refractivity contribution in [1.29, 1.82) is 0 Å². The number of phosphoric ester groups is 1. The van der Waals surface area contributed by atoms with E-state index in [-0.39, 0.29) is 11.7 Å². The molecule has 94 valence electrons. The summed E-state index contributed by atoms with van der Waals surface area (Å²) in [5.74, 6) is -0.0494. The Kier molecular flexibility index (Phi) is 4.69. The second-order valence-corrected chi connectivity index (χ2v) is 4.56. The molecule has 17 heavy (non-hydrogen) atoms. The van der Waals surface area contributed by atoms with Crippen LogP contribution in [-0.2, 0) is 15.8 Å². The van der Waals surface area contributed by atoms with E-state index in [1.54, 1.807) is 12.1 Å². The summed E-state index contributed by atoms with van der Waals surface area (Å²) in [5.41, 5.74) is 0.921. The summed E-state index contributed by atoms with van der Waals surface area (Å²) in [6, 6.07) is 6.19. The topological polar surface area (TPSA) is 98.7 Å². The van der Waals surface area contributed by atoms with E-state index < -0.39 is 7.82 Å². The Morgan fingerprint density at radius 3 is 2.53 bits per heavy atom. The Labute approximate surface area is 98.9 Å². The zero-order chi connectivity index (χ0) is 12.9. The molecule has 1 amide bonds. The summed E-state index contributed by atoms with van der Waals surface area (Å²) in [6.45, 7) is 1.94. The van der Waals surface area contributed by atoms with Gasteiger partial charge in [0.05, 0.1) is 0 Å². The minimum atomic E-state index is -4.74.